The average molecular weight is 449 g/mol. The molecule has 8 nitrogen and oxygen atoms in total. The van der Waals surface area contributed by atoms with Crippen molar-refractivity contribution in [2.24, 2.45) is 11.1 Å². The predicted octanol–water partition coefficient (Wildman–Crippen LogP) is 2.09. The number of rotatable bonds is 8. The zero-order chi connectivity index (χ0) is 22.5. The van der Waals surface area contributed by atoms with E-state index < -0.39 is 38.9 Å². The van der Waals surface area contributed by atoms with Crippen molar-refractivity contribution in [2.45, 2.75) is 31.2 Å². The lowest BCUT2D eigenvalue weighted by Gasteiger charge is -2.24. The maximum Gasteiger partial charge on any atom is 0.227 e. The summed E-state index contributed by atoms with van der Waals surface area (Å²) < 4.78 is 25.7. The second-order valence-electron chi connectivity index (χ2n) is 7.38. The molecule has 10 heteroatoms. The molecule has 0 saturated carbocycles. The number of pyridine rings is 1. The minimum Gasteiger partial charge on any atom is -0.370 e. The molecule has 1 aromatic carbocycles. The second-order valence-corrected chi connectivity index (χ2v) is 9.81. The average Bonchev–Trinajstić information content (AvgIpc) is 2.66. The molecule has 2 rings (SSSR count). The van der Waals surface area contributed by atoms with Crippen LogP contribution in [0.15, 0.2) is 47.6 Å². The summed E-state index contributed by atoms with van der Waals surface area (Å²) in [7, 11) is -3.81. The van der Waals surface area contributed by atoms with Gasteiger partial charge in [0.2, 0.25) is 11.8 Å². The molecule has 2 aromatic rings. The maximum absolute atomic E-state index is 12.8. The second kappa shape index (κ2) is 9.24. The summed E-state index contributed by atoms with van der Waals surface area (Å²) in [6.45, 7) is 2.90. The molecule has 0 unspecified atom stereocenters. The predicted molar refractivity (Wildman–Crippen MR) is 112 cm³/mol. The van der Waals surface area contributed by atoms with Gasteiger partial charge in [0.15, 0.2) is 9.84 Å². The molecule has 2 amide bonds. The quantitative estimate of drug-likeness (QED) is 0.632. The number of carbonyl (C=O) groups is 2. The SMILES string of the molecule is CC(C)(CS(=O)(=O)c1ccc(-c2cncc(Cl)c2)cc1)C(=O)N[C@H](C#N)CC(N)=O. The number of benzene rings is 1. The fourth-order valence-electron chi connectivity index (χ4n) is 2.73. The Hall–Kier alpha value is -2.96. The smallest absolute Gasteiger partial charge is 0.227 e. The van der Waals surface area contributed by atoms with Crippen LogP contribution in [0.4, 0.5) is 0 Å². The van der Waals surface area contributed by atoms with E-state index in [0.717, 1.165) is 11.1 Å². The van der Waals surface area contributed by atoms with Crippen molar-refractivity contribution in [1.29, 1.82) is 5.26 Å². The fraction of sp³-hybridized carbons (Fsp3) is 0.300. The van der Waals surface area contributed by atoms with Crippen molar-refractivity contribution in [3.05, 3.63) is 47.7 Å². The molecule has 0 bridgehead atoms. The van der Waals surface area contributed by atoms with Gasteiger partial charge in [0.1, 0.15) is 6.04 Å². The number of nitrogens with zero attached hydrogens (tertiary/aromatic N) is 2. The molecule has 0 aliphatic heterocycles. The maximum atomic E-state index is 12.8. The van der Waals surface area contributed by atoms with Gasteiger partial charge in [-0.2, -0.15) is 5.26 Å². The molecule has 158 valence electrons. The van der Waals surface area contributed by atoms with E-state index in [1.165, 1.54) is 32.2 Å². The first-order valence-corrected chi connectivity index (χ1v) is 10.9. The number of aromatic nitrogens is 1. The van der Waals surface area contributed by atoms with E-state index in [1.807, 2.05) is 0 Å². The number of nitrogens with one attached hydrogen (secondary N) is 1. The third-order valence-electron chi connectivity index (χ3n) is 4.28. The van der Waals surface area contributed by atoms with E-state index in [9.17, 15) is 18.0 Å². The zero-order valence-corrected chi connectivity index (χ0v) is 18.0. The summed E-state index contributed by atoms with van der Waals surface area (Å²) in [5.74, 6) is -1.90. The highest BCUT2D eigenvalue weighted by molar-refractivity contribution is 7.91. The monoisotopic (exact) mass is 448 g/mol. The van der Waals surface area contributed by atoms with Crippen LogP contribution in [0.1, 0.15) is 20.3 Å². The van der Waals surface area contributed by atoms with E-state index in [2.05, 4.69) is 10.3 Å². The number of hydrogen-bond acceptors (Lipinski definition) is 6. The Morgan fingerprint density at radius 2 is 1.87 bits per heavy atom. The lowest BCUT2D eigenvalue weighted by Crippen LogP contribution is -2.46. The lowest BCUT2D eigenvalue weighted by atomic mass is 9.94. The molecule has 0 aliphatic rings. The normalized spacial score (nSPS) is 12.6. The zero-order valence-electron chi connectivity index (χ0n) is 16.4. The third kappa shape index (κ3) is 6.02. The number of carbonyl (C=O) groups excluding carboxylic acids is 2. The van der Waals surface area contributed by atoms with E-state index >= 15 is 0 Å². The van der Waals surface area contributed by atoms with Crippen LogP contribution >= 0.6 is 11.6 Å². The van der Waals surface area contributed by atoms with Crippen molar-refractivity contribution in [3.8, 4) is 17.2 Å². The van der Waals surface area contributed by atoms with Crippen molar-refractivity contribution in [2.75, 3.05) is 5.75 Å². The molecule has 0 spiro atoms. The van der Waals surface area contributed by atoms with Crippen LogP contribution in [0.3, 0.4) is 0 Å². The molecular weight excluding hydrogens is 428 g/mol. The van der Waals surface area contributed by atoms with Crippen LogP contribution in [0.2, 0.25) is 5.02 Å². The van der Waals surface area contributed by atoms with Gasteiger partial charge in [-0.05, 0) is 23.8 Å². The molecular formula is C20H21ClN4O4S. The molecule has 3 N–H and O–H groups in total. The minimum atomic E-state index is -3.81. The summed E-state index contributed by atoms with van der Waals surface area (Å²) in [5.41, 5.74) is 5.18. The van der Waals surface area contributed by atoms with Gasteiger partial charge in [-0.1, -0.05) is 37.6 Å². The number of primary amides is 1. The van der Waals surface area contributed by atoms with Gasteiger partial charge in [-0.3, -0.25) is 14.6 Å². The molecule has 30 heavy (non-hydrogen) atoms. The van der Waals surface area contributed by atoms with Crippen LogP contribution < -0.4 is 11.1 Å². The Morgan fingerprint density at radius 3 is 2.40 bits per heavy atom. The van der Waals surface area contributed by atoms with E-state index in [1.54, 1.807) is 30.5 Å². The summed E-state index contributed by atoms with van der Waals surface area (Å²) >= 11 is 5.93. The van der Waals surface area contributed by atoms with E-state index in [0.29, 0.717) is 5.02 Å². The molecule has 1 aromatic heterocycles. The van der Waals surface area contributed by atoms with Crippen molar-refractivity contribution >= 4 is 33.3 Å². The van der Waals surface area contributed by atoms with Crippen LogP contribution in [0.5, 0.6) is 0 Å². The van der Waals surface area contributed by atoms with E-state index in [-0.39, 0.29) is 11.3 Å². The first kappa shape index (κ1) is 23.3. The van der Waals surface area contributed by atoms with Crippen LogP contribution in [-0.4, -0.2) is 37.0 Å². The highest BCUT2D eigenvalue weighted by Gasteiger charge is 2.35. The summed E-state index contributed by atoms with van der Waals surface area (Å²) in [6.07, 6.45) is 2.75. The Bertz CT molecular complexity index is 1090. The first-order chi connectivity index (χ1) is 13.9. The Kier molecular flexibility index (Phi) is 7.18. The van der Waals surface area contributed by atoms with Gasteiger partial charge < -0.3 is 11.1 Å². The number of halogens is 1. The van der Waals surface area contributed by atoms with Gasteiger partial charge in [-0.15, -0.1) is 0 Å². The summed E-state index contributed by atoms with van der Waals surface area (Å²) in [4.78, 5) is 27.5. The lowest BCUT2D eigenvalue weighted by molar-refractivity contribution is -0.129. The first-order valence-electron chi connectivity index (χ1n) is 8.87. The van der Waals surface area contributed by atoms with Crippen molar-refractivity contribution in [1.82, 2.24) is 10.3 Å². The van der Waals surface area contributed by atoms with Gasteiger partial charge >= 0.3 is 0 Å². The molecule has 0 fully saturated rings. The Labute approximate surface area is 180 Å². The van der Waals surface area contributed by atoms with Gasteiger partial charge in [0, 0.05) is 18.0 Å². The molecule has 0 radical (unpaired) electrons. The number of amides is 2. The number of sulfone groups is 1. The van der Waals surface area contributed by atoms with Crippen LogP contribution in [-0.2, 0) is 19.4 Å². The molecule has 0 aliphatic carbocycles. The van der Waals surface area contributed by atoms with E-state index in [4.69, 9.17) is 22.6 Å². The standard InChI is InChI=1S/C20H21ClN4O4S/c1-20(2,19(27)25-16(9-22)8-18(23)26)12-30(28,29)17-5-3-13(4-6-17)14-7-15(21)11-24-10-14/h3-7,10-11,16H,8,12H2,1-2H3,(H2,23,26)(H,25,27)/t16-/m0/s1. The minimum absolute atomic E-state index is 0.0519. The highest BCUT2D eigenvalue weighted by Crippen LogP contribution is 2.27. The molecule has 1 heterocycles. The van der Waals surface area contributed by atoms with Gasteiger partial charge in [-0.25, -0.2) is 8.42 Å². The number of nitriles is 1. The largest absolute Gasteiger partial charge is 0.370 e. The topological polar surface area (TPSA) is 143 Å². The Morgan fingerprint density at radius 1 is 1.23 bits per heavy atom. The molecule has 0 saturated heterocycles. The summed E-state index contributed by atoms with van der Waals surface area (Å²) in [6, 6.07) is 8.51. The Balaban J connectivity index is 2.17. The van der Waals surface area contributed by atoms with Crippen LogP contribution in [0, 0.1) is 16.7 Å². The number of hydrogen-bond donors (Lipinski definition) is 2. The summed E-state index contributed by atoms with van der Waals surface area (Å²) in [5, 5.41) is 11.9. The van der Waals surface area contributed by atoms with Gasteiger partial charge in [0.25, 0.3) is 0 Å². The van der Waals surface area contributed by atoms with Gasteiger partial charge in [0.05, 0.1) is 33.6 Å². The number of nitrogens with two attached hydrogens (primary N) is 1. The van der Waals surface area contributed by atoms with Crippen molar-refractivity contribution in [3.63, 3.8) is 0 Å². The van der Waals surface area contributed by atoms with Crippen molar-refractivity contribution < 1.29 is 18.0 Å². The fourth-order valence-corrected chi connectivity index (χ4v) is 4.70. The molecule has 1 atom stereocenters. The highest BCUT2D eigenvalue weighted by atomic mass is 35.5. The third-order valence-corrected chi connectivity index (χ3v) is 6.58. The van der Waals surface area contributed by atoms with Crippen LogP contribution in [0.25, 0.3) is 11.1 Å².